The van der Waals surface area contributed by atoms with Gasteiger partial charge >= 0.3 is 0 Å². The summed E-state index contributed by atoms with van der Waals surface area (Å²) in [4.78, 5) is 4.74. The Bertz CT molecular complexity index is 965. The number of aliphatic imine (C=N–C) groups is 1. The molecule has 156 valence electrons. The second-order valence-electron chi connectivity index (χ2n) is 6.64. The highest BCUT2D eigenvalue weighted by atomic mass is 32.2. The van der Waals surface area contributed by atoms with E-state index in [9.17, 15) is 8.42 Å². The van der Waals surface area contributed by atoms with Crippen molar-refractivity contribution in [3.8, 4) is 17.2 Å². The van der Waals surface area contributed by atoms with Crippen molar-refractivity contribution in [1.82, 2.24) is 4.31 Å². The average Bonchev–Trinajstić information content (AvgIpc) is 2.77. The Kier molecular flexibility index (Phi) is 6.76. The number of hydrogen-bond acceptors (Lipinski definition) is 6. The number of sulfonamides is 1. The Morgan fingerprint density at radius 1 is 0.862 bits per heavy atom. The molecule has 0 aliphatic carbocycles. The molecule has 29 heavy (non-hydrogen) atoms. The zero-order chi connectivity index (χ0) is 20.9. The first-order valence-electron chi connectivity index (χ1n) is 9.44. The van der Waals surface area contributed by atoms with Crippen molar-refractivity contribution in [3.05, 3.63) is 42.0 Å². The van der Waals surface area contributed by atoms with Gasteiger partial charge in [0.2, 0.25) is 15.8 Å². The lowest BCUT2D eigenvalue weighted by Gasteiger charge is -2.25. The molecule has 1 saturated heterocycles. The van der Waals surface area contributed by atoms with Crippen molar-refractivity contribution in [2.45, 2.75) is 24.2 Å². The molecule has 0 radical (unpaired) electrons. The van der Waals surface area contributed by atoms with E-state index in [2.05, 4.69) is 4.99 Å². The van der Waals surface area contributed by atoms with Gasteiger partial charge in [0.05, 0.1) is 31.9 Å². The molecule has 1 aliphatic heterocycles. The van der Waals surface area contributed by atoms with Crippen LogP contribution in [0.25, 0.3) is 0 Å². The van der Waals surface area contributed by atoms with Crippen LogP contribution in [-0.4, -0.2) is 53.4 Å². The maximum absolute atomic E-state index is 12.7. The molecule has 0 unspecified atom stereocenters. The summed E-state index contributed by atoms with van der Waals surface area (Å²) in [7, 11) is 1.21. The molecule has 3 rings (SSSR count). The molecule has 0 saturated carbocycles. The number of methoxy groups -OCH3 is 3. The molecule has 0 aromatic heterocycles. The monoisotopic (exact) mass is 418 g/mol. The fourth-order valence-corrected chi connectivity index (χ4v) is 4.85. The minimum Gasteiger partial charge on any atom is -0.493 e. The van der Waals surface area contributed by atoms with Crippen molar-refractivity contribution in [3.63, 3.8) is 0 Å². The molecule has 0 spiro atoms. The summed E-state index contributed by atoms with van der Waals surface area (Å²) in [6.45, 7) is 1.17. The number of ether oxygens (including phenoxy) is 3. The lowest BCUT2D eigenvalue weighted by molar-refractivity contribution is 0.324. The number of rotatable bonds is 7. The van der Waals surface area contributed by atoms with Gasteiger partial charge in [-0.2, -0.15) is 4.31 Å². The third-order valence-corrected chi connectivity index (χ3v) is 6.79. The second-order valence-corrected chi connectivity index (χ2v) is 8.58. The van der Waals surface area contributed by atoms with Gasteiger partial charge in [0.15, 0.2) is 11.5 Å². The van der Waals surface area contributed by atoms with Gasteiger partial charge in [-0.3, -0.25) is 4.99 Å². The van der Waals surface area contributed by atoms with Crippen molar-refractivity contribution < 1.29 is 22.6 Å². The summed E-state index contributed by atoms with van der Waals surface area (Å²) in [5.41, 5.74) is 1.36. The van der Waals surface area contributed by atoms with Crippen LogP contribution in [0.1, 0.15) is 24.8 Å². The van der Waals surface area contributed by atoms with E-state index in [0.29, 0.717) is 40.9 Å². The van der Waals surface area contributed by atoms with Crippen molar-refractivity contribution >= 4 is 21.9 Å². The van der Waals surface area contributed by atoms with Crippen LogP contribution in [0.3, 0.4) is 0 Å². The third kappa shape index (κ3) is 4.54. The number of hydrogen-bond donors (Lipinski definition) is 0. The van der Waals surface area contributed by atoms with Crippen LogP contribution in [0.2, 0.25) is 0 Å². The third-order valence-electron chi connectivity index (χ3n) is 4.88. The van der Waals surface area contributed by atoms with E-state index >= 15 is 0 Å². The average molecular weight is 419 g/mol. The molecule has 8 heteroatoms. The van der Waals surface area contributed by atoms with Crippen LogP contribution >= 0.6 is 0 Å². The molecule has 2 aromatic rings. The van der Waals surface area contributed by atoms with Gasteiger partial charge in [0, 0.05) is 24.9 Å². The smallest absolute Gasteiger partial charge is 0.243 e. The van der Waals surface area contributed by atoms with E-state index in [1.54, 1.807) is 62.2 Å². The van der Waals surface area contributed by atoms with E-state index in [-0.39, 0.29) is 0 Å². The van der Waals surface area contributed by atoms with Gasteiger partial charge in [0.1, 0.15) is 0 Å². The lowest BCUT2D eigenvalue weighted by atomic mass is 10.2. The fourth-order valence-electron chi connectivity index (χ4n) is 3.33. The number of piperidine rings is 1. The zero-order valence-electron chi connectivity index (χ0n) is 16.9. The lowest BCUT2D eigenvalue weighted by Crippen LogP contribution is -2.35. The van der Waals surface area contributed by atoms with Crippen molar-refractivity contribution in [1.29, 1.82) is 0 Å². The van der Waals surface area contributed by atoms with Gasteiger partial charge in [-0.1, -0.05) is 6.42 Å². The van der Waals surface area contributed by atoms with E-state index in [0.717, 1.165) is 24.8 Å². The topological polar surface area (TPSA) is 77.4 Å². The van der Waals surface area contributed by atoms with Crippen LogP contribution in [0.5, 0.6) is 17.2 Å². The zero-order valence-corrected chi connectivity index (χ0v) is 17.7. The van der Waals surface area contributed by atoms with E-state index in [4.69, 9.17) is 14.2 Å². The summed E-state index contributed by atoms with van der Waals surface area (Å²) in [5.74, 6) is 1.57. The molecule has 0 N–H and O–H groups in total. The van der Waals surface area contributed by atoms with Gasteiger partial charge in [-0.05, 0) is 49.2 Å². The standard InChI is InChI=1S/C21H26N2O5S/c1-26-19-12-7-16(20(27-2)21(19)28-3)15-22-17-8-10-18(11-9-17)29(24,25)23-13-5-4-6-14-23/h7-12,15H,4-6,13-14H2,1-3H3. The molecule has 0 bridgehead atoms. The maximum Gasteiger partial charge on any atom is 0.243 e. The Morgan fingerprint density at radius 3 is 2.10 bits per heavy atom. The Balaban J connectivity index is 1.82. The molecule has 0 atom stereocenters. The molecule has 1 aliphatic rings. The Morgan fingerprint density at radius 2 is 1.52 bits per heavy atom. The van der Waals surface area contributed by atoms with Gasteiger partial charge in [0.25, 0.3) is 0 Å². The highest BCUT2D eigenvalue weighted by Crippen LogP contribution is 2.39. The minimum absolute atomic E-state index is 0.294. The van der Waals surface area contributed by atoms with Crippen LogP contribution in [0, 0.1) is 0 Å². The molecule has 1 heterocycles. The predicted molar refractivity (Wildman–Crippen MR) is 112 cm³/mol. The summed E-state index contributed by atoms with van der Waals surface area (Å²) in [6, 6.07) is 10.2. The molecule has 7 nitrogen and oxygen atoms in total. The normalized spacial score (nSPS) is 15.4. The highest BCUT2D eigenvalue weighted by molar-refractivity contribution is 7.89. The Hall–Kier alpha value is -2.58. The highest BCUT2D eigenvalue weighted by Gasteiger charge is 2.25. The SMILES string of the molecule is COc1ccc(C=Nc2ccc(S(=O)(=O)N3CCCCC3)cc2)c(OC)c1OC. The summed E-state index contributed by atoms with van der Waals surface area (Å²) in [5, 5.41) is 0. The number of benzene rings is 2. The summed E-state index contributed by atoms with van der Waals surface area (Å²) in [6.07, 6.45) is 4.55. The van der Waals surface area contributed by atoms with Gasteiger partial charge < -0.3 is 14.2 Å². The maximum atomic E-state index is 12.7. The minimum atomic E-state index is -3.44. The van der Waals surface area contributed by atoms with Crippen LogP contribution in [0.4, 0.5) is 5.69 Å². The first-order chi connectivity index (χ1) is 14.0. The van der Waals surface area contributed by atoms with E-state index in [1.807, 2.05) is 6.07 Å². The predicted octanol–water partition coefficient (Wildman–Crippen LogP) is 3.64. The van der Waals surface area contributed by atoms with Gasteiger partial charge in [-0.15, -0.1) is 0 Å². The molecule has 1 fully saturated rings. The first-order valence-corrected chi connectivity index (χ1v) is 10.9. The van der Waals surface area contributed by atoms with Crippen LogP contribution in [-0.2, 0) is 10.0 Å². The van der Waals surface area contributed by atoms with Crippen LogP contribution < -0.4 is 14.2 Å². The van der Waals surface area contributed by atoms with Crippen LogP contribution in [0.15, 0.2) is 46.3 Å². The van der Waals surface area contributed by atoms with Crippen molar-refractivity contribution in [2.24, 2.45) is 4.99 Å². The fraction of sp³-hybridized carbons (Fsp3) is 0.381. The molecule has 0 amide bonds. The largest absolute Gasteiger partial charge is 0.493 e. The second kappa shape index (κ2) is 9.28. The van der Waals surface area contributed by atoms with Crippen molar-refractivity contribution in [2.75, 3.05) is 34.4 Å². The Labute approximate surface area is 172 Å². The quantitative estimate of drug-likeness (QED) is 0.642. The van der Waals surface area contributed by atoms with Gasteiger partial charge in [-0.25, -0.2) is 8.42 Å². The number of nitrogens with zero attached hydrogens (tertiary/aromatic N) is 2. The van der Waals surface area contributed by atoms with E-state index in [1.165, 1.54) is 0 Å². The summed E-state index contributed by atoms with van der Waals surface area (Å²) >= 11 is 0. The van der Waals surface area contributed by atoms with E-state index < -0.39 is 10.0 Å². The molecule has 2 aromatic carbocycles. The molecular formula is C21H26N2O5S. The summed E-state index contributed by atoms with van der Waals surface area (Å²) < 4.78 is 43.1. The first kappa shape index (κ1) is 21.1. The molecular weight excluding hydrogens is 392 g/mol.